The van der Waals surface area contributed by atoms with Crippen LogP contribution in [0.2, 0.25) is 5.02 Å². The van der Waals surface area contributed by atoms with Crippen molar-refractivity contribution in [3.63, 3.8) is 0 Å². The number of rotatable bonds is 4. The lowest BCUT2D eigenvalue weighted by molar-refractivity contribution is 0.122. The number of nitrogens with zero attached hydrogens (tertiary/aromatic N) is 5. The quantitative estimate of drug-likeness (QED) is 0.745. The molecule has 1 aliphatic heterocycles. The first-order valence-corrected chi connectivity index (χ1v) is 8.07. The molecule has 1 aromatic carbocycles. The maximum atomic E-state index is 6.19. The lowest BCUT2D eigenvalue weighted by atomic mass is 10.2. The van der Waals surface area contributed by atoms with E-state index in [1.54, 1.807) is 0 Å². The Morgan fingerprint density at radius 3 is 2.83 bits per heavy atom. The van der Waals surface area contributed by atoms with Crippen molar-refractivity contribution < 1.29 is 4.74 Å². The number of morpholine rings is 1. The van der Waals surface area contributed by atoms with Crippen LogP contribution in [0.5, 0.6) is 0 Å². The zero-order chi connectivity index (χ0) is 16.4. The standard InChI is InChI=1S/C15H16ClN7O/c16-11-4-2-1-3-10(11)9-17-15-18-13-12(20-22-21-13)14(19-15)23-5-7-24-8-6-23/h1-4H,5-9H2,(H2,17,18,19,20,21,22). The summed E-state index contributed by atoms with van der Waals surface area (Å²) in [5.74, 6) is 1.26. The van der Waals surface area contributed by atoms with Gasteiger partial charge in [0.25, 0.3) is 0 Å². The highest BCUT2D eigenvalue weighted by atomic mass is 35.5. The highest BCUT2D eigenvalue weighted by Gasteiger charge is 2.19. The summed E-state index contributed by atoms with van der Waals surface area (Å²) in [4.78, 5) is 11.2. The van der Waals surface area contributed by atoms with Gasteiger partial charge in [-0.25, -0.2) is 0 Å². The van der Waals surface area contributed by atoms with Crippen LogP contribution in [0.15, 0.2) is 24.3 Å². The number of H-pyrrole nitrogens is 1. The van der Waals surface area contributed by atoms with E-state index in [9.17, 15) is 0 Å². The normalized spacial score (nSPS) is 15.0. The maximum absolute atomic E-state index is 6.19. The Bertz CT molecular complexity index is 847. The molecule has 1 fully saturated rings. The fourth-order valence-electron chi connectivity index (χ4n) is 2.62. The fourth-order valence-corrected chi connectivity index (χ4v) is 2.83. The third-order valence-corrected chi connectivity index (χ3v) is 4.24. The van der Waals surface area contributed by atoms with Gasteiger partial charge < -0.3 is 15.0 Å². The second kappa shape index (κ2) is 6.58. The third-order valence-electron chi connectivity index (χ3n) is 3.87. The number of fused-ring (bicyclic) bond motifs is 1. The van der Waals surface area contributed by atoms with Crippen molar-refractivity contribution in [3.8, 4) is 0 Å². The summed E-state index contributed by atoms with van der Waals surface area (Å²) >= 11 is 6.19. The smallest absolute Gasteiger partial charge is 0.227 e. The van der Waals surface area contributed by atoms with Crippen molar-refractivity contribution in [3.05, 3.63) is 34.9 Å². The van der Waals surface area contributed by atoms with Crippen LogP contribution in [0, 0.1) is 0 Å². The van der Waals surface area contributed by atoms with E-state index in [0.29, 0.717) is 41.9 Å². The molecule has 124 valence electrons. The van der Waals surface area contributed by atoms with Crippen molar-refractivity contribution in [2.24, 2.45) is 0 Å². The highest BCUT2D eigenvalue weighted by molar-refractivity contribution is 6.31. The second-order valence-electron chi connectivity index (χ2n) is 5.41. The third kappa shape index (κ3) is 2.98. The maximum Gasteiger partial charge on any atom is 0.227 e. The number of anilines is 2. The Labute approximate surface area is 143 Å². The second-order valence-corrected chi connectivity index (χ2v) is 5.82. The number of nitrogens with one attached hydrogen (secondary N) is 2. The van der Waals surface area contributed by atoms with Gasteiger partial charge in [0.2, 0.25) is 11.6 Å². The number of hydrogen-bond acceptors (Lipinski definition) is 7. The number of aromatic nitrogens is 5. The van der Waals surface area contributed by atoms with Crippen LogP contribution in [0.25, 0.3) is 11.2 Å². The summed E-state index contributed by atoms with van der Waals surface area (Å²) in [6.07, 6.45) is 0. The van der Waals surface area contributed by atoms with Gasteiger partial charge in [0, 0.05) is 24.7 Å². The van der Waals surface area contributed by atoms with Gasteiger partial charge in [-0.3, -0.25) is 0 Å². The fraction of sp³-hybridized carbons (Fsp3) is 0.333. The van der Waals surface area contributed by atoms with Crippen LogP contribution < -0.4 is 10.2 Å². The lowest BCUT2D eigenvalue weighted by Gasteiger charge is -2.27. The minimum atomic E-state index is 0.498. The molecule has 1 saturated heterocycles. The summed E-state index contributed by atoms with van der Waals surface area (Å²) in [5, 5.41) is 14.8. The SMILES string of the molecule is Clc1ccccc1CNc1nc(N2CCOCC2)c2n[nH]nc2n1. The summed E-state index contributed by atoms with van der Waals surface area (Å²) in [7, 11) is 0. The van der Waals surface area contributed by atoms with Crippen molar-refractivity contribution in [2.45, 2.75) is 6.54 Å². The van der Waals surface area contributed by atoms with Gasteiger partial charge in [-0.2, -0.15) is 20.3 Å². The van der Waals surface area contributed by atoms with E-state index < -0.39 is 0 Å². The van der Waals surface area contributed by atoms with Gasteiger partial charge in [-0.1, -0.05) is 29.8 Å². The molecule has 3 heterocycles. The predicted octanol–water partition coefficient (Wildman–Crippen LogP) is 1.85. The van der Waals surface area contributed by atoms with Crippen molar-refractivity contribution in [1.29, 1.82) is 0 Å². The molecule has 0 bridgehead atoms. The van der Waals surface area contributed by atoms with Crippen LogP contribution in [0.4, 0.5) is 11.8 Å². The van der Waals surface area contributed by atoms with Crippen molar-refractivity contribution in [2.75, 3.05) is 36.5 Å². The van der Waals surface area contributed by atoms with Gasteiger partial charge in [-0.05, 0) is 11.6 Å². The van der Waals surface area contributed by atoms with Gasteiger partial charge in [-0.15, -0.1) is 5.10 Å². The molecule has 9 heteroatoms. The number of ether oxygens (including phenoxy) is 1. The molecule has 8 nitrogen and oxygen atoms in total. The number of benzene rings is 1. The van der Waals surface area contributed by atoms with Crippen LogP contribution in [0.3, 0.4) is 0 Å². The van der Waals surface area contributed by atoms with E-state index in [-0.39, 0.29) is 0 Å². The highest BCUT2D eigenvalue weighted by Crippen LogP contribution is 2.23. The Morgan fingerprint density at radius 2 is 2.00 bits per heavy atom. The van der Waals surface area contributed by atoms with Crippen LogP contribution >= 0.6 is 11.6 Å². The zero-order valence-corrected chi connectivity index (χ0v) is 13.6. The first-order chi connectivity index (χ1) is 11.8. The van der Waals surface area contributed by atoms with E-state index in [0.717, 1.165) is 24.5 Å². The van der Waals surface area contributed by atoms with Crippen molar-refractivity contribution in [1.82, 2.24) is 25.4 Å². The number of hydrogen-bond donors (Lipinski definition) is 2. The monoisotopic (exact) mass is 345 g/mol. The van der Waals surface area contributed by atoms with E-state index in [4.69, 9.17) is 16.3 Å². The Morgan fingerprint density at radius 1 is 1.17 bits per heavy atom. The average Bonchev–Trinajstić information content (AvgIpc) is 3.09. The Hall–Kier alpha value is -2.45. The molecular weight excluding hydrogens is 330 g/mol. The van der Waals surface area contributed by atoms with Gasteiger partial charge in [0.05, 0.1) is 13.2 Å². The zero-order valence-electron chi connectivity index (χ0n) is 12.9. The molecule has 0 spiro atoms. The molecule has 4 rings (SSSR count). The molecule has 0 atom stereocenters. The van der Waals surface area contributed by atoms with Crippen LogP contribution in [-0.2, 0) is 11.3 Å². The van der Waals surface area contributed by atoms with Gasteiger partial charge in [0.15, 0.2) is 11.3 Å². The summed E-state index contributed by atoms with van der Waals surface area (Å²) in [6, 6.07) is 7.68. The molecule has 24 heavy (non-hydrogen) atoms. The molecule has 0 unspecified atom stereocenters. The number of aromatic amines is 1. The van der Waals surface area contributed by atoms with Crippen molar-refractivity contribution >= 4 is 34.5 Å². The van der Waals surface area contributed by atoms with Crippen LogP contribution in [-0.4, -0.2) is 51.7 Å². The van der Waals surface area contributed by atoms with Gasteiger partial charge >= 0.3 is 0 Å². The largest absolute Gasteiger partial charge is 0.378 e. The van der Waals surface area contributed by atoms with E-state index in [2.05, 4.69) is 35.6 Å². The van der Waals surface area contributed by atoms with E-state index >= 15 is 0 Å². The predicted molar refractivity (Wildman–Crippen MR) is 91.3 cm³/mol. The first kappa shape index (κ1) is 15.1. The Balaban J connectivity index is 1.62. The molecule has 0 amide bonds. The molecule has 2 aromatic heterocycles. The summed E-state index contributed by atoms with van der Waals surface area (Å²) in [6.45, 7) is 3.41. The lowest BCUT2D eigenvalue weighted by Crippen LogP contribution is -2.37. The average molecular weight is 346 g/mol. The molecular formula is C15H16ClN7O. The summed E-state index contributed by atoms with van der Waals surface area (Å²) < 4.78 is 5.40. The molecule has 0 radical (unpaired) electrons. The first-order valence-electron chi connectivity index (χ1n) is 7.70. The van der Waals surface area contributed by atoms with Crippen LogP contribution in [0.1, 0.15) is 5.56 Å². The molecule has 0 aliphatic carbocycles. The molecule has 0 saturated carbocycles. The molecule has 1 aliphatic rings. The number of halogens is 1. The Kier molecular flexibility index (Phi) is 4.14. The topological polar surface area (TPSA) is 91.8 Å². The van der Waals surface area contributed by atoms with Gasteiger partial charge in [0.1, 0.15) is 0 Å². The molecule has 2 N–H and O–H groups in total. The minimum absolute atomic E-state index is 0.498. The minimum Gasteiger partial charge on any atom is -0.378 e. The molecule has 3 aromatic rings. The van der Waals surface area contributed by atoms with E-state index in [1.807, 2.05) is 24.3 Å². The van der Waals surface area contributed by atoms with E-state index in [1.165, 1.54) is 0 Å². The summed E-state index contributed by atoms with van der Waals surface area (Å²) in [5.41, 5.74) is 2.18.